The maximum Gasteiger partial charge on any atom is 0.409 e. The maximum atomic E-state index is 11.7. The number of carbonyl (C=O) groups excluding carboxylic acids is 2. The van der Waals surface area contributed by atoms with Gasteiger partial charge in [-0.3, -0.25) is 4.79 Å². The first-order valence-electron chi connectivity index (χ1n) is 6.23. The van der Waals surface area contributed by atoms with E-state index in [0.29, 0.717) is 18.4 Å². The van der Waals surface area contributed by atoms with Crippen LogP contribution in [0.25, 0.3) is 0 Å². The molecule has 96 valence electrons. The molecule has 0 aromatic heterocycles. The van der Waals surface area contributed by atoms with Gasteiger partial charge in [0.05, 0.1) is 6.61 Å². The van der Waals surface area contributed by atoms with Crippen LogP contribution in [0.5, 0.6) is 0 Å². The van der Waals surface area contributed by atoms with E-state index in [9.17, 15) is 9.59 Å². The highest BCUT2D eigenvalue weighted by molar-refractivity contribution is 5.74. The summed E-state index contributed by atoms with van der Waals surface area (Å²) in [5.41, 5.74) is 0. The van der Waals surface area contributed by atoms with Crippen LogP contribution in [-0.4, -0.2) is 54.6 Å². The average molecular weight is 240 g/mol. The second kappa shape index (κ2) is 4.94. The zero-order valence-electron chi connectivity index (χ0n) is 10.5. The van der Waals surface area contributed by atoms with Gasteiger partial charge >= 0.3 is 6.09 Å². The molecular weight excluding hydrogens is 220 g/mol. The van der Waals surface area contributed by atoms with E-state index >= 15 is 0 Å². The lowest BCUT2D eigenvalue weighted by molar-refractivity contribution is -0.136. The molecule has 2 heterocycles. The summed E-state index contributed by atoms with van der Waals surface area (Å²) in [4.78, 5) is 26.2. The Bertz CT molecular complexity index is 313. The van der Waals surface area contributed by atoms with Crippen LogP contribution in [0.2, 0.25) is 0 Å². The molecule has 1 unspecified atom stereocenters. The highest BCUT2D eigenvalue weighted by Crippen LogP contribution is 2.18. The summed E-state index contributed by atoms with van der Waals surface area (Å²) in [5.74, 6) is 1.00. The van der Waals surface area contributed by atoms with Crippen molar-refractivity contribution in [2.75, 3.05) is 32.8 Å². The fourth-order valence-corrected chi connectivity index (χ4v) is 2.31. The van der Waals surface area contributed by atoms with E-state index in [1.807, 2.05) is 0 Å². The van der Waals surface area contributed by atoms with Crippen LogP contribution < -0.4 is 0 Å². The van der Waals surface area contributed by atoms with Crippen LogP contribution in [0, 0.1) is 11.8 Å². The minimum absolute atomic E-state index is 0.0981. The van der Waals surface area contributed by atoms with Crippen molar-refractivity contribution in [2.45, 2.75) is 20.3 Å². The summed E-state index contributed by atoms with van der Waals surface area (Å²) in [5, 5.41) is 0. The number of rotatable bonds is 2. The highest BCUT2D eigenvalue weighted by atomic mass is 16.6. The molecule has 0 radical (unpaired) electrons. The normalized spacial score (nSPS) is 24.7. The molecule has 0 aromatic rings. The fourth-order valence-electron chi connectivity index (χ4n) is 2.31. The van der Waals surface area contributed by atoms with Crippen molar-refractivity contribution < 1.29 is 14.3 Å². The number of hydrogen-bond acceptors (Lipinski definition) is 3. The molecule has 1 atom stereocenters. The summed E-state index contributed by atoms with van der Waals surface area (Å²) < 4.78 is 5.26. The molecule has 2 saturated heterocycles. The SMILES string of the molecule is CC(=O)N1CC(COC(=O)N2CCC(C)C2)C1. The molecule has 2 aliphatic rings. The van der Waals surface area contributed by atoms with Crippen LogP contribution in [0.3, 0.4) is 0 Å². The third kappa shape index (κ3) is 2.90. The van der Waals surface area contributed by atoms with E-state index in [0.717, 1.165) is 32.6 Å². The molecule has 0 aromatic carbocycles. The van der Waals surface area contributed by atoms with Crippen LogP contribution in [-0.2, 0) is 9.53 Å². The van der Waals surface area contributed by atoms with Crippen molar-refractivity contribution in [3.8, 4) is 0 Å². The third-order valence-corrected chi connectivity index (χ3v) is 3.53. The van der Waals surface area contributed by atoms with Crippen molar-refractivity contribution in [2.24, 2.45) is 11.8 Å². The average Bonchev–Trinajstić information content (AvgIpc) is 2.61. The molecule has 17 heavy (non-hydrogen) atoms. The van der Waals surface area contributed by atoms with Crippen LogP contribution in [0.15, 0.2) is 0 Å². The number of ether oxygens (including phenoxy) is 1. The van der Waals surface area contributed by atoms with Crippen molar-refractivity contribution in [1.82, 2.24) is 9.80 Å². The first-order valence-corrected chi connectivity index (χ1v) is 6.23. The van der Waals surface area contributed by atoms with Gasteiger partial charge in [0, 0.05) is 39.0 Å². The Labute approximate surface area is 102 Å². The molecule has 2 amide bonds. The Hall–Kier alpha value is -1.26. The monoisotopic (exact) mass is 240 g/mol. The summed E-state index contributed by atoms with van der Waals surface area (Å²) in [6.45, 7) is 7.20. The predicted molar refractivity (Wildman–Crippen MR) is 62.4 cm³/mol. The van der Waals surface area contributed by atoms with Crippen molar-refractivity contribution in [3.63, 3.8) is 0 Å². The van der Waals surface area contributed by atoms with E-state index in [-0.39, 0.29) is 12.0 Å². The first kappa shape index (κ1) is 12.2. The van der Waals surface area contributed by atoms with Crippen molar-refractivity contribution in [1.29, 1.82) is 0 Å². The molecule has 0 aliphatic carbocycles. The van der Waals surface area contributed by atoms with E-state index in [2.05, 4.69) is 6.92 Å². The lowest BCUT2D eigenvalue weighted by Gasteiger charge is -2.38. The molecule has 2 rings (SSSR count). The Morgan fingerprint density at radius 3 is 2.47 bits per heavy atom. The summed E-state index contributed by atoms with van der Waals surface area (Å²) in [6.07, 6.45) is 0.868. The number of carbonyl (C=O) groups is 2. The van der Waals surface area contributed by atoms with Gasteiger partial charge in [0.25, 0.3) is 0 Å². The summed E-state index contributed by atoms with van der Waals surface area (Å²) in [7, 11) is 0. The maximum absolute atomic E-state index is 11.7. The molecule has 0 bridgehead atoms. The molecule has 2 fully saturated rings. The predicted octanol–water partition coefficient (Wildman–Crippen LogP) is 0.943. The minimum Gasteiger partial charge on any atom is -0.449 e. The Balaban J connectivity index is 1.63. The van der Waals surface area contributed by atoms with Gasteiger partial charge in [0.15, 0.2) is 0 Å². The molecular formula is C12H20N2O3. The largest absolute Gasteiger partial charge is 0.449 e. The van der Waals surface area contributed by atoms with Crippen LogP contribution in [0.4, 0.5) is 4.79 Å². The lowest BCUT2D eigenvalue weighted by Crippen LogP contribution is -2.51. The lowest BCUT2D eigenvalue weighted by atomic mass is 10.0. The molecule has 0 saturated carbocycles. The quantitative estimate of drug-likeness (QED) is 0.722. The van der Waals surface area contributed by atoms with Gasteiger partial charge < -0.3 is 14.5 Å². The molecule has 5 heteroatoms. The number of nitrogens with zero attached hydrogens (tertiary/aromatic N) is 2. The van der Waals surface area contributed by atoms with Gasteiger partial charge in [0.2, 0.25) is 5.91 Å². The van der Waals surface area contributed by atoms with Crippen LogP contribution >= 0.6 is 0 Å². The Morgan fingerprint density at radius 2 is 1.94 bits per heavy atom. The zero-order chi connectivity index (χ0) is 12.4. The van der Waals surface area contributed by atoms with E-state index in [1.54, 1.807) is 16.7 Å². The topological polar surface area (TPSA) is 49.9 Å². The zero-order valence-corrected chi connectivity index (χ0v) is 10.5. The van der Waals surface area contributed by atoms with Crippen molar-refractivity contribution >= 4 is 12.0 Å². The van der Waals surface area contributed by atoms with Gasteiger partial charge in [-0.1, -0.05) is 6.92 Å². The van der Waals surface area contributed by atoms with E-state index in [4.69, 9.17) is 4.74 Å². The van der Waals surface area contributed by atoms with Gasteiger partial charge in [-0.2, -0.15) is 0 Å². The third-order valence-electron chi connectivity index (χ3n) is 3.53. The molecule has 5 nitrogen and oxygen atoms in total. The van der Waals surface area contributed by atoms with Gasteiger partial charge in [-0.05, 0) is 12.3 Å². The van der Waals surface area contributed by atoms with Crippen LogP contribution in [0.1, 0.15) is 20.3 Å². The molecule has 0 N–H and O–H groups in total. The minimum atomic E-state index is -0.198. The van der Waals surface area contributed by atoms with Crippen molar-refractivity contribution in [3.05, 3.63) is 0 Å². The number of amides is 2. The summed E-state index contributed by atoms with van der Waals surface area (Å²) in [6, 6.07) is 0. The Kier molecular flexibility index (Phi) is 3.54. The van der Waals surface area contributed by atoms with E-state index < -0.39 is 0 Å². The van der Waals surface area contributed by atoms with E-state index in [1.165, 1.54) is 0 Å². The smallest absolute Gasteiger partial charge is 0.409 e. The number of hydrogen-bond donors (Lipinski definition) is 0. The molecule has 2 aliphatic heterocycles. The standard InChI is InChI=1S/C12H20N2O3/c1-9-3-4-13(5-9)12(16)17-8-11-6-14(7-11)10(2)15/h9,11H,3-8H2,1-2H3. The highest BCUT2D eigenvalue weighted by Gasteiger charge is 2.31. The van der Waals surface area contributed by atoms with Gasteiger partial charge in [-0.15, -0.1) is 0 Å². The summed E-state index contributed by atoms with van der Waals surface area (Å²) >= 11 is 0. The fraction of sp³-hybridized carbons (Fsp3) is 0.833. The van der Waals surface area contributed by atoms with Gasteiger partial charge in [-0.25, -0.2) is 4.79 Å². The van der Waals surface area contributed by atoms with Gasteiger partial charge in [0.1, 0.15) is 0 Å². The molecule has 0 spiro atoms. The Morgan fingerprint density at radius 1 is 1.24 bits per heavy atom. The number of likely N-dealkylation sites (tertiary alicyclic amines) is 2. The second-order valence-corrected chi connectivity index (χ2v) is 5.21. The first-order chi connectivity index (χ1) is 8.06. The second-order valence-electron chi connectivity index (χ2n) is 5.21.